The van der Waals surface area contributed by atoms with Crippen LogP contribution < -0.4 is 10.6 Å². The Labute approximate surface area is 112 Å². The summed E-state index contributed by atoms with van der Waals surface area (Å²) in [6, 6.07) is -2.29. The number of sulfone groups is 1. The number of carboxylic acid groups (broad SMARTS) is 1. The molecule has 0 aromatic carbocycles. The van der Waals surface area contributed by atoms with Gasteiger partial charge in [0.1, 0.15) is 6.04 Å². The van der Waals surface area contributed by atoms with E-state index in [0.717, 1.165) is 5.41 Å². The summed E-state index contributed by atoms with van der Waals surface area (Å²) < 4.78 is 22.3. The second-order valence-corrected chi connectivity index (χ2v) is 6.52. The molecule has 0 spiro atoms. The highest BCUT2D eigenvalue weighted by Gasteiger charge is 2.28. The summed E-state index contributed by atoms with van der Waals surface area (Å²) in [7, 11) is -3.25. The molecule has 0 aromatic rings. The van der Waals surface area contributed by atoms with Gasteiger partial charge in [0.25, 0.3) is 0 Å². The molecule has 1 heterocycles. The molecule has 19 heavy (non-hydrogen) atoms. The maximum absolute atomic E-state index is 11.6. The molecule has 0 aromatic heterocycles. The van der Waals surface area contributed by atoms with Crippen LogP contribution in [-0.4, -0.2) is 43.4 Å². The lowest BCUT2D eigenvalue weighted by Gasteiger charge is -2.21. The summed E-state index contributed by atoms with van der Waals surface area (Å²) in [5.74, 6) is -1.52. The van der Waals surface area contributed by atoms with E-state index in [0.29, 0.717) is 6.42 Å². The zero-order valence-corrected chi connectivity index (χ0v) is 11.6. The van der Waals surface area contributed by atoms with E-state index in [4.69, 9.17) is 5.11 Å². The SMILES string of the molecule is CCC(C)[C@H](NC(=O)NC1C=CS(=O)(=O)C1)C(=O)O. The number of carbonyl (C=O) groups is 2. The Balaban J connectivity index is 2.55. The van der Waals surface area contributed by atoms with Gasteiger partial charge >= 0.3 is 12.0 Å². The molecule has 0 radical (unpaired) electrons. The molecular weight excluding hydrogens is 272 g/mol. The van der Waals surface area contributed by atoms with Gasteiger partial charge in [0.05, 0.1) is 11.8 Å². The van der Waals surface area contributed by atoms with Crippen molar-refractivity contribution in [3.05, 3.63) is 11.5 Å². The standard InChI is InChI=1S/C11H18N2O5S/c1-3-7(2)9(10(14)15)13-11(16)12-8-4-5-19(17,18)6-8/h4-5,7-9H,3,6H2,1-2H3,(H,14,15)(H2,12,13,16)/t7?,8?,9-/m0/s1. The number of amides is 2. The first-order valence-electron chi connectivity index (χ1n) is 5.96. The minimum Gasteiger partial charge on any atom is -0.480 e. The van der Waals surface area contributed by atoms with Crippen molar-refractivity contribution in [2.75, 3.05) is 5.75 Å². The number of aliphatic carboxylic acids is 1. The molecule has 1 aliphatic heterocycles. The number of rotatable bonds is 5. The van der Waals surface area contributed by atoms with Gasteiger partial charge in [-0.2, -0.15) is 0 Å². The van der Waals surface area contributed by atoms with E-state index in [1.165, 1.54) is 6.08 Å². The van der Waals surface area contributed by atoms with Crippen LogP contribution in [0.2, 0.25) is 0 Å². The van der Waals surface area contributed by atoms with Crippen LogP contribution in [0.3, 0.4) is 0 Å². The van der Waals surface area contributed by atoms with E-state index in [2.05, 4.69) is 10.6 Å². The number of hydrogen-bond donors (Lipinski definition) is 3. The van der Waals surface area contributed by atoms with Gasteiger partial charge in [-0.05, 0) is 12.0 Å². The Morgan fingerprint density at radius 3 is 2.53 bits per heavy atom. The summed E-state index contributed by atoms with van der Waals surface area (Å²) in [6.45, 7) is 3.55. The van der Waals surface area contributed by atoms with E-state index in [1.807, 2.05) is 6.92 Å². The molecular formula is C11H18N2O5S. The van der Waals surface area contributed by atoms with E-state index in [9.17, 15) is 18.0 Å². The van der Waals surface area contributed by atoms with Gasteiger partial charge in [-0.1, -0.05) is 20.3 Å². The quantitative estimate of drug-likeness (QED) is 0.664. The van der Waals surface area contributed by atoms with Gasteiger partial charge in [0.15, 0.2) is 9.84 Å². The molecule has 0 aliphatic carbocycles. The molecule has 0 bridgehead atoms. The Morgan fingerprint density at radius 1 is 1.47 bits per heavy atom. The molecule has 3 N–H and O–H groups in total. The largest absolute Gasteiger partial charge is 0.480 e. The third kappa shape index (κ3) is 4.55. The zero-order chi connectivity index (χ0) is 14.6. The number of nitrogens with one attached hydrogen (secondary N) is 2. The van der Waals surface area contributed by atoms with Gasteiger partial charge in [0, 0.05) is 5.41 Å². The fourth-order valence-corrected chi connectivity index (χ4v) is 2.94. The lowest BCUT2D eigenvalue weighted by atomic mass is 9.99. The number of carboxylic acids is 1. The molecule has 8 heteroatoms. The van der Waals surface area contributed by atoms with Crippen molar-refractivity contribution in [3.63, 3.8) is 0 Å². The molecule has 7 nitrogen and oxygen atoms in total. The number of urea groups is 1. The molecule has 108 valence electrons. The smallest absolute Gasteiger partial charge is 0.326 e. The molecule has 1 aliphatic rings. The summed E-state index contributed by atoms with van der Waals surface area (Å²) in [5.41, 5.74) is 0. The van der Waals surface area contributed by atoms with E-state index in [1.54, 1.807) is 6.92 Å². The predicted molar refractivity (Wildman–Crippen MR) is 69.3 cm³/mol. The lowest BCUT2D eigenvalue weighted by molar-refractivity contribution is -0.140. The zero-order valence-electron chi connectivity index (χ0n) is 10.8. The van der Waals surface area contributed by atoms with E-state index in [-0.39, 0.29) is 11.7 Å². The van der Waals surface area contributed by atoms with E-state index >= 15 is 0 Å². The Bertz CT molecular complexity index is 485. The van der Waals surface area contributed by atoms with Gasteiger partial charge in [0.2, 0.25) is 0 Å². The van der Waals surface area contributed by atoms with Gasteiger partial charge < -0.3 is 15.7 Å². The first-order valence-corrected chi connectivity index (χ1v) is 7.67. The molecule has 1 rings (SSSR count). The van der Waals surface area contributed by atoms with Crippen LogP contribution in [0, 0.1) is 5.92 Å². The lowest BCUT2D eigenvalue weighted by Crippen LogP contribution is -2.51. The highest BCUT2D eigenvalue weighted by molar-refractivity contribution is 7.94. The van der Waals surface area contributed by atoms with Crippen LogP contribution in [0.25, 0.3) is 0 Å². The highest BCUT2D eigenvalue weighted by atomic mass is 32.2. The van der Waals surface area contributed by atoms with Crippen molar-refractivity contribution in [3.8, 4) is 0 Å². The molecule has 2 amide bonds. The fraction of sp³-hybridized carbons (Fsp3) is 0.636. The maximum atomic E-state index is 11.6. The Hall–Kier alpha value is -1.57. The summed E-state index contributed by atoms with van der Waals surface area (Å²) in [4.78, 5) is 22.7. The third-order valence-electron chi connectivity index (χ3n) is 3.01. The molecule has 2 unspecified atom stereocenters. The van der Waals surface area contributed by atoms with Crippen LogP contribution in [0.1, 0.15) is 20.3 Å². The van der Waals surface area contributed by atoms with Gasteiger partial charge in [-0.15, -0.1) is 0 Å². The second kappa shape index (κ2) is 6.05. The first-order chi connectivity index (χ1) is 8.75. The normalized spacial score (nSPS) is 23.6. The van der Waals surface area contributed by atoms with Crippen molar-refractivity contribution in [2.45, 2.75) is 32.4 Å². The van der Waals surface area contributed by atoms with Crippen LogP contribution >= 0.6 is 0 Å². The number of carbonyl (C=O) groups excluding carboxylic acids is 1. The minimum absolute atomic E-state index is 0.193. The topological polar surface area (TPSA) is 113 Å². The van der Waals surface area contributed by atoms with Gasteiger partial charge in [-0.25, -0.2) is 18.0 Å². The summed E-state index contributed by atoms with van der Waals surface area (Å²) in [6.07, 6.45) is 1.98. The summed E-state index contributed by atoms with van der Waals surface area (Å²) >= 11 is 0. The molecule has 0 fully saturated rings. The molecule has 0 saturated carbocycles. The fourth-order valence-electron chi connectivity index (χ4n) is 1.70. The van der Waals surface area contributed by atoms with Crippen molar-refractivity contribution in [1.82, 2.24) is 10.6 Å². The van der Waals surface area contributed by atoms with Crippen molar-refractivity contribution >= 4 is 21.8 Å². The van der Waals surface area contributed by atoms with Crippen molar-refractivity contribution < 1.29 is 23.1 Å². The molecule has 0 saturated heterocycles. The van der Waals surface area contributed by atoms with Gasteiger partial charge in [-0.3, -0.25) is 0 Å². The van der Waals surface area contributed by atoms with Crippen molar-refractivity contribution in [2.24, 2.45) is 5.92 Å². The average Bonchev–Trinajstić information content (AvgIpc) is 2.64. The monoisotopic (exact) mass is 290 g/mol. The van der Waals surface area contributed by atoms with Crippen LogP contribution in [0.5, 0.6) is 0 Å². The Morgan fingerprint density at radius 2 is 2.11 bits per heavy atom. The third-order valence-corrected chi connectivity index (χ3v) is 4.41. The molecule has 3 atom stereocenters. The van der Waals surface area contributed by atoms with Crippen LogP contribution in [-0.2, 0) is 14.6 Å². The van der Waals surface area contributed by atoms with Crippen molar-refractivity contribution in [1.29, 1.82) is 0 Å². The predicted octanol–water partition coefficient (Wildman–Crippen LogP) is 0.0956. The average molecular weight is 290 g/mol. The van der Waals surface area contributed by atoms with Crippen LogP contribution in [0.4, 0.5) is 4.79 Å². The second-order valence-electron chi connectivity index (χ2n) is 4.58. The Kier molecular flexibility index (Phi) is 4.93. The van der Waals surface area contributed by atoms with Crippen LogP contribution in [0.15, 0.2) is 11.5 Å². The minimum atomic E-state index is -3.25. The summed E-state index contributed by atoms with van der Waals surface area (Å²) in [5, 5.41) is 14.8. The first kappa shape index (κ1) is 15.5. The van der Waals surface area contributed by atoms with E-state index < -0.39 is 33.9 Å². The number of hydrogen-bond acceptors (Lipinski definition) is 4. The highest BCUT2D eigenvalue weighted by Crippen LogP contribution is 2.09. The maximum Gasteiger partial charge on any atom is 0.326 e.